The summed E-state index contributed by atoms with van der Waals surface area (Å²) in [6.07, 6.45) is 0. The summed E-state index contributed by atoms with van der Waals surface area (Å²) in [6.45, 7) is 0. The summed E-state index contributed by atoms with van der Waals surface area (Å²) in [7, 11) is 0. The second kappa shape index (κ2) is 5.53. The molecule has 0 aromatic carbocycles. The first-order valence-corrected chi connectivity index (χ1v) is 2.61. The zero-order chi connectivity index (χ0) is 4.50. The van der Waals surface area contributed by atoms with E-state index in [1.165, 1.54) is 0 Å². The molecule has 0 heterocycles. The Morgan fingerprint density at radius 3 is 1.29 bits per heavy atom. The summed E-state index contributed by atoms with van der Waals surface area (Å²) >= 11 is -5.38. The SMILES string of the molecule is [H-].[Mn].[Na+].[O]=[Mn](=[O])(=[O])[OH]. The van der Waals surface area contributed by atoms with Gasteiger partial charge >= 0.3 is 58.2 Å². The number of hydrogen-bond acceptors (Lipinski definition) is 3. The molecule has 0 aliphatic heterocycles. The molecule has 1 N–H and O–H groups in total. The quantitative estimate of drug-likeness (QED) is 0.406. The molecule has 7 heavy (non-hydrogen) atoms. The van der Waals surface area contributed by atoms with Crippen molar-refractivity contribution in [1.29, 1.82) is 0 Å². The van der Waals surface area contributed by atoms with Gasteiger partial charge in [-0.15, -0.1) is 0 Å². The average molecular weight is 199 g/mol. The van der Waals surface area contributed by atoms with E-state index < -0.39 is 13.0 Å². The molecule has 4 nitrogen and oxygen atoms in total. The van der Waals surface area contributed by atoms with Crippen molar-refractivity contribution in [3.63, 3.8) is 0 Å². The fraction of sp³-hybridized carbons (Fsp3) is 0. The summed E-state index contributed by atoms with van der Waals surface area (Å²) in [5.41, 5.74) is 0. The van der Waals surface area contributed by atoms with Gasteiger partial charge in [0.25, 0.3) is 0 Å². The molecule has 7 heteroatoms. The van der Waals surface area contributed by atoms with Crippen molar-refractivity contribution < 1.29 is 76.7 Å². The molecule has 0 saturated heterocycles. The van der Waals surface area contributed by atoms with Crippen molar-refractivity contribution in [3.05, 3.63) is 0 Å². The van der Waals surface area contributed by atoms with E-state index in [9.17, 15) is 0 Å². The Labute approximate surface area is 76.1 Å². The van der Waals surface area contributed by atoms with Gasteiger partial charge in [0.1, 0.15) is 0 Å². The molecule has 0 atom stereocenters. The normalized spacial score (nSPS) is 8.14. The predicted octanol–water partition coefficient (Wildman–Crippen LogP) is -3.80. The van der Waals surface area contributed by atoms with Crippen molar-refractivity contribution in [1.82, 2.24) is 0 Å². The third kappa shape index (κ3) is 110. The molecule has 0 unspecified atom stereocenters. The van der Waals surface area contributed by atoms with Gasteiger partial charge in [-0.05, 0) is 0 Å². The molecule has 0 aliphatic rings. The third-order valence-electron chi connectivity index (χ3n) is 0. The van der Waals surface area contributed by atoms with Crippen molar-refractivity contribution in [2.24, 2.45) is 0 Å². The van der Waals surface area contributed by atoms with Crippen LogP contribution in [0.4, 0.5) is 0 Å². The van der Waals surface area contributed by atoms with Crippen LogP contribution in [0.25, 0.3) is 0 Å². The second-order valence-corrected chi connectivity index (χ2v) is 1.63. The van der Waals surface area contributed by atoms with Gasteiger partial charge in [-0.1, -0.05) is 0 Å². The minimum absolute atomic E-state index is 0. The van der Waals surface area contributed by atoms with Gasteiger partial charge < -0.3 is 1.43 Å². The zero-order valence-electron chi connectivity index (χ0n) is 4.43. The van der Waals surface area contributed by atoms with E-state index >= 15 is 0 Å². The number of hydrogen-bond donors (Lipinski definition) is 1. The molecule has 0 fully saturated rings. The summed E-state index contributed by atoms with van der Waals surface area (Å²) in [4.78, 5) is 0. The fourth-order valence-electron chi connectivity index (χ4n) is 0. The molecule has 0 rings (SSSR count). The topological polar surface area (TPSA) is 71.4 Å². The van der Waals surface area contributed by atoms with Crippen LogP contribution in [0.3, 0.4) is 0 Å². The van der Waals surface area contributed by atoms with E-state index in [-0.39, 0.29) is 48.1 Å². The molecular weight excluding hydrogens is 197 g/mol. The van der Waals surface area contributed by atoms with Crippen LogP contribution in [-0.2, 0) is 41.5 Å². The van der Waals surface area contributed by atoms with Crippen LogP contribution in [0, 0.1) is 0 Å². The first-order valence-electron chi connectivity index (χ1n) is 0.632. The van der Waals surface area contributed by atoms with Gasteiger partial charge in [0.05, 0.1) is 0 Å². The van der Waals surface area contributed by atoms with Crippen LogP contribution in [0.1, 0.15) is 1.43 Å². The van der Waals surface area contributed by atoms with Crippen LogP contribution < -0.4 is 29.6 Å². The predicted molar refractivity (Wildman–Crippen MR) is 5.39 cm³/mol. The van der Waals surface area contributed by atoms with E-state index in [1.807, 2.05) is 0 Å². The van der Waals surface area contributed by atoms with Gasteiger partial charge in [-0.3, -0.25) is 0 Å². The third-order valence-corrected chi connectivity index (χ3v) is 0. The molecule has 41 valence electrons. The van der Waals surface area contributed by atoms with Crippen molar-refractivity contribution >= 4 is 0 Å². The first kappa shape index (κ1) is 15.8. The molecule has 0 aromatic heterocycles. The standard InChI is InChI=1S/2Mn.Na.H2O.3O.H/h;;;1H2;;;;/q;2*+1;;;;;-1/p-1. The maximum atomic E-state index is 8.69. The van der Waals surface area contributed by atoms with Crippen LogP contribution in [0.15, 0.2) is 0 Å². The van der Waals surface area contributed by atoms with Crippen molar-refractivity contribution in [2.75, 3.05) is 0 Å². The Balaban J connectivity index is -0.0000000267. The van der Waals surface area contributed by atoms with Gasteiger partial charge in [-0.2, -0.15) is 0 Å². The van der Waals surface area contributed by atoms with E-state index in [0.717, 1.165) is 0 Å². The average Bonchev–Trinajstić information content (AvgIpc) is 0.722. The minimum atomic E-state index is -5.38. The van der Waals surface area contributed by atoms with Gasteiger partial charge in [0.15, 0.2) is 0 Å². The molecule has 0 aromatic rings. The molecule has 0 spiro atoms. The van der Waals surface area contributed by atoms with Gasteiger partial charge in [0.2, 0.25) is 0 Å². The molecule has 0 amide bonds. The first-order chi connectivity index (χ1) is 2.00. The van der Waals surface area contributed by atoms with Crippen LogP contribution in [-0.4, -0.2) is 4.19 Å². The van der Waals surface area contributed by atoms with Gasteiger partial charge in [0, 0.05) is 17.1 Å². The van der Waals surface area contributed by atoms with Crippen LogP contribution >= 0.6 is 0 Å². The Morgan fingerprint density at radius 1 is 1.29 bits per heavy atom. The molecular formula is H2Mn2NaO4. The van der Waals surface area contributed by atoms with E-state index in [0.29, 0.717) is 0 Å². The summed E-state index contributed by atoms with van der Waals surface area (Å²) in [5, 5.41) is 0. The van der Waals surface area contributed by atoms with Gasteiger partial charge in [-0.25, -0.2) is 0 Å². The zero-order valence-corrected chi connectivity index (χ0v) is 7.79. The van der Waals surface area contributed by atoms with Crippen LogP contribution in [0.2, 0.25) is 0 Å². The molecule has 1 radical (unpaired) electrons. The summed E-state index contributed by atoms with van der Waals surface area (Å²) in [5.74, 6) is 0. The second-order valence-electron chi connectivity index (χ2n) is 0.396. The van der Waals surface area contributed by atoms with E-state index in [1.54, 1.807) is 0 Å². The Kier molecular flexibility index (Phi) is 12.5. The maximum absolute atomic E-state index is 8.69. The van der Waals surface area contributed by atoms with Crippen LogP contribution in [0.5, 0.6) is 0 Å². The summed E-state index contributed by atoms with van der Waals surface area (Å²) in [6, 6.07) is 0. The van der Waals surface area contributed by atoms with E-state index in [2.05, 4.69) is 0 Å². The fourth-order valence-corrected chi connectivity index (χ4v) is 0. The molecule has 0 saturated carbocycles. The molecule has 0 aliphatic carbocycles. The van der Waals surface area contributed by atoms with E-state index in [4.69, 9.17) is 15.7 Å². The summed E-state index contributed by atoms with van der Waals surface area (Å²) < 4.78 is 33.1. The molecule has 0 bridgehead atoms. The monoisotopic (exact) mass is 199 g/mol. The number of rotatable bonds is 0. The Bertz CT molecular complexity index is 135. The Morgan fingerprint density at radius 2 is 1.29 bits per heavy atom. The Hall–Kier alpha value is 1.40. The van der Waals surface area contributed by atoms with Crippen molar-refractivity contribution in [3.8, 4) is 0 Å². The van der Waals surface area contributed by atoms with Crippen molar-refractivity contribution in [2.45, 2.75) is 0 Å².